The Kier molecular flexibility index (Phi) is 23.6. The lowest BCUT2D eigenvalue weighted by Crippen LogP contribution is -2.40. The molecule has 0 radical (unpaired) electrons. The highest BCUT2D eigenvalue weighted by molar-refractivity contribution is 7.94. The average molecular weight is 1030 g/mol. The zero-order chi connectivity index (χ0) is 52.9. The van der Waals surface area contributed by atoms with Crippen LogP contribution in [0.4, 0.5) is 0 Å². The fraction of sp³-hybridized carbons (Fsp3) is 0.608. The van der Waals surface area contributed by atoms with Gasteiger partial charge in [0.15, 0.2) is 49.2 Å². The normalized spacial score (nSPS) is 15.0. The van der Waals surface area contributed by atoms with Gasteiger partial charge < -0.3 is 4.42 Å². The third kappa shape index (κ3) is 18.3. The minimum absolute atomic E-state index is 0.169. The molecule has 0 saturated heterocycles. The van der Waals surface area contributed by atoms with Gasteiger partial charge in [0, 0.05) is 11.6 Å². The Labute approximate surface area is 407 Å². The van der Waals surface area contributed by atoms with Crippen LogP contribution in [0.1, 0.15) is 157 Å². The average Bonchev–Trinajstić information content (AvgIpc) is 3.69. The van der Waals surface area contributed by atoms with E-state index in [1.54, 1.807) is 162 Å². The van der Waals surface area contributed by atoms with Crippen LogP contribution in [0.5, 0.6) is 0 Å². The second-order valence-electron chi connectivity index (χ2n) is 21.2. The van der Waals surface area contributed by atoms with Gasteiger partial charge in [0.1, 0.15) is 5.58 Å². The molecule has 5 rings (SSSR count). The van der Waals surface area contributed by atoms with E-state index in [1.807, 2.05) is 53.7 Å². The van der Waals surface area contributed by atoms with E-state index >= 15 is 0 Å². The second-order valence-corrected chi connectivity index (χ2v) is 35.2. The molecular formula is C51H84O11S5. The van der Waals surface area contributed by atoms with Gasteiger partial charge in [0.25, 0.3) is 0 Å². The highest BCUT2D eigenvalue weighted by Crippen LogP contribution is 2.34. The zero-order valence-corrected chi connectivity index (χ0v) is 48.0. The van der Waals surface area contributed by atoms with Gasteiger partial charge in [0.05, 0.1) is 49.9 Å². The minimum atomic E-state index is -3.29. The molecule has 1 heterocycles. The van der Waals surface area contributed by atoms with E-state index in [0.29, 0.717) is 26.2 Å². The van der Waals surface area contributed by atoms with Crippen LogP contribution in [-0.4, -0.2) is 77.3 Å². The molecule has 1 aliphatic carbocycles. The molecule has 67 heavy (non-hydrogen) atoms. The monoisotopic (exact) mass is 1030 g/mol. The molecular weight excluding hydrogens is 949 g/mol. The smallest absolute Gasteiger partial charge is 0.183 e. The zero-order valence-electron chi connectivity index (χ0n) is 43.9. The Bertz CT molecular complexity index is 2580. The summed E-state index contributed by atoms with van der Waals surface area (Å²) in [6, 6.07) is 23.7. The molecule has 1 saturated carbocycles. The maximum atomic E-state index is 12.3. The quantitative estimate of drug-likeness (QED) is 0.185. The fourth-order valence-electron chi connectivity index (χ4n) is 5.79. The summed E-state index contributed by atoms with van der Waals surface area (Å²) in [7, 11) is -15.5. The Hall–Kier alpha value is -3.05. The van der Waals surface area contributed by atoms with E-state index in [1.165, 1.54) is 25.5 Å². The van der Waals surface area contributed by atoms with Crippen molar-refractivity contribution in [2.45, 2.75) is 200 Å². The summed E-state index contributed by atoms with van der Waals surface area (Å²) >= 11 is 0. The van der Waals surface area contributed by atoms with E-state index in [2.05, 4.69) is 0 Å². The van der Waals surface area contributed by atoms with E-state index < -0.39 is 72.9 Å². The van der Waals surface area contributed by atoms with E-state index in [4.69, 9.17) is 4.42 Å². The van der Waals surface area contributed by atoms with Gasteiger partial charge in [-0.25, -0.2) is 42.1 Å². The summed E-state index contributed by atoms with van der Waals surface area (Å²) in [6.45, 7) is 31.7. The lowest BCUT2D eigenvalue weighted by molar-refractivity contribution is 0.345. The molecule has 0 bridgehead atoms. The van der Waals surface area contributed by atoms with Crippen molar-refractivity contribution in [3.05, 3.63) is 91.2 Å². The van der Waals surface area contributed by atoms with Gasteiger partial charge in [0.2, 0.25) is 0 Å². The topological polar surface area (TPSA) is 184 Å². The number of furan rings is 1. The highest BCUT2D eigenvalue weighted by atomic mass is 32.2. The third-order valence-corrected chi connectivity index (χ3v) is 23.8. The first-order chi connectivity index (χ1) is 30.0. The molecule has 0 N–H and O–H groups in total. The molecule has 0 aliphatic heterocycles. The summed E-state index contributed by atoms with van der Waals surface area (Å²) < 4.78 is 119. The number of benzene rings is 3. The number of rotatable bonds is 5. The first-order valence-corrected chi connectivity index (χ1v) is 30.7. The van der Waals surface area contributed by atoms with Crippen molar-refractivity contribution in [2.24, 2.45) is 5.92 Å². The van der Waals surface area contributed by atoms with Crippen LogP contribution in [0.25, 0.3) is 11.0 Å². The number of hydrogen-bond donors (Lipinski definition) is 0. The largest absolute Gasteiger partial charge is 0.464 e. The van der Waals surface area contributed by atoms with E-state index in [9.17, 15) is 42.1 Å². The van der Waals surface area contributed by atoms with Gasteiger partial charge in [-0.05, 0) is 178 Å². The Morgan fingerprint density at radius 2 is 0.806 bits per heavy atom. The Morgan fingerprint density at radius 3 is 1.12 bits per heavy atom. The summed E-state index contributed by atoms with van der Waals surface area (Å²) in [5, 5.41) is 0.642. The van der Waals surface area contributed by atoms with Crippen LogP contribution in [0.15, 0.2) is 110 Å². The van der Waals surface area contributed by atoms with Gasteiger partial charge in [-0.3, -0.25) is 0 Å². The predicted molar refractivity (Wildman–Crippen MR) is 281 cm³/mol. The Balaban J connectivity index is 0.000000817. The molecule has 1 unspecified atom stereocenters. The van der Waals surface area contributed by atoms with E-state index in [0.717, 1.165) is 18.2 Å². The van der Waals surface area contributed by atoms with Gasteiger partial charge >= 0.3 is 0 Å². The first kappa shape index (κ1) is 64.0. The standard InChI is InChI=1S/C12H14O3S.C12H24O2S.2C10H14O2S.C5H12O2S.C2H6/c1-12(2,3)16(13,14)10-4-5-11-9(8-10)6-7-15-11;1-10(11-8-6-5-7-9-11)15(13,14)12(2,3)4;2*1-10(2,3)13(11,12)9-7-5-4-6-8-9;1-5(2,3)8(4,6)7;1-2/h4-8H,1-3H3;10-11H,5-9H2,1-4H3;2*4-8H,1-3H3;1-4H3;1-2H3. The molecule has 16 heteroatoms. The van der Waals surface area contributed by atoms with Crippen LogP contribution in [-0.2, 0) is 49.2 Å². The van der Waals surface area contributed by atoms with Crippen molar-refractivity contribution >= 4 is 60.2 Å². The van der Waals surface area contributed by atoms with Crippen LogP contribution < -0.4 is 0 Å². The van der Waals surface area contributed by atoms with Crippen LogP contribution in [0, 0.1) is 5.92 Å². The molecule has 384 valence electrons. The number of sulfone groups is 5. The number of hydrogen-bond acceptors (Lipinski definition) is 11. The minimum Gasteiger partial charge on any atom is -0.464 e. The fourth-order valence-corrected chi connectivity index (χ4v) is 11.4. The molecule has 1 fully saturated rings. The van der Waals surface area contributed by atoms with Crippen molar-refractivity contribution in [1.82, 2.24) is 0 Å². The summed E-state index contributed by atoms with van der Waals surface area (Å²) in [5.74, 6) is 0.392. The molecule has 0 spiro atoms. The van der Waals surface area contributed by atoms with Crippen molar-refractivity contribution in [3.63, 3.8) is 0 Å². The van der Waals surface area contributed by atoms with Crippen LogP contribution in [0.2, 0.25) is 0 Å². The van der Waals surface area contributed by atoms with Crippen molar-refractivity contribution in [3.8, 4) is 0 Å². The maximum absolute atomic E-state index is 12.3. The van der Waals surface area contributed by atoms with Crippen molar-refractivity contribution in [1.29, 1.82) is 0 Å². The van der Waals surface area contributed by atoms with Gasteiger partial charge in [-0.2, -0.15) is 0 Å². The third-order valence-electron chi connectivity index (χ3n) is 11.0. The SMILES string of the molecule is CC.CC(C)(C)S(=O)(=O)c1ccc2occc2c1.CC(C)(C)S(=O)(=O)c1ccccc1.CC(C)(C)S(=O)(=O)c1ccccc1.CC(C)(C)S(C)(=O)=O.CC(C1CCCCC1)S(=O)(=O)C(C)(C)C. The summed E-state index contributed by atoms with van der Waals surface area (Å²) in [4.78, 5) is 1.12. The molecule has 4 aromatic rings. The molecule has 3 aromatic carbocycles. The summed E-state index contributed by atoms with van der Waals surface area (Å²) in [5.41, 5.74) is 0.702. The van der Waals surface area contributed by atoms with Crippen molar-refractivity contribution < 1.29 is 46.5 Å². The lowest BCUT2D eigenvalue weighted by atomic mass is 9.87. The highest BCUT2D eigenvalue weighted by Gasteiger charge is 2.39. The molecule has 1 atom stereocenters. The molecule has 0 amide bonds. The Morgan fingerprint density at radius 1 is 0.463 bits per heavy atom. The molecule has 11 nitrogen and oxygen atoms in total. The van der Waals surface area contributed by atoms with Crippen molar-refractivity contribution in [2.75, 3.05) is 6.26 Å². The lowest BCUT2D eigenvalue weighted by Gasteiger charge is -2.32. The predicted octanol–water partition coefficient (Wildman–Crippen LogP) is 12.5. The van der Waals surface area contributed by atoms with Gasteiger partial charge in [-0.1, -0.05) is 69.5 Å². The molecule has 1 aromatic heterocycles. The maximum Gasteiger partial charge on any atom is 0.183 e. The first-order valence-electron chi connectivity index (χ1n) is 22.8. The molecule has 1 aliphatic rings. The van der Waals surface area contributed by atoms with E-state index in [-0.39, 0.29) is 5.25 Å². The van der Waals surface area contributed by atoms with Gasteiger partial charge in [-0.15, -0.1) is 0 Å². The number of fused-ring (bicyclic) bond motifs is 1. The van der Waals surface area contributed by atoms with Crippen LogP contribution >= 0.6 is 0 Å². The summed E-state index contributed by atoms with van der Waals surface area (Å²) in [6.07, 6.45) is 8.67. The second kappa shape index (κ2) is 24.7. The van der Waals surface area contributed by atoms with Crippen LogP contribution in [0.3, 0.4) is 0 Å².